The molecular weight excluding hydrogens is 420 g/mol. The van der Waals surface area contributed by atoms with Gasteiger partial charge < -0.3 is 44.1 Å². The molecule has 4 N–H and O–H groups in total. The Bertz CT molecular complexity index is 647. The molecule has 9 nitrogen and oxygen atoms in total. The highest BCUT2D eigenvalue weighted by Gasteiger charge is 2.65. The predicted molar refractivity (Wildman–Crippen MR) is 112 cm³/mol. The van der Waals surface area contributed by atoms with Gasteiger partial charge in [-0.05, 0) is 31.1 Å². The fourth-order valence-corrected chi connectivity index (χ4v) is 5.74. The highest BCUT2D eigenvalue weighted by molar-refractivity contribution is 5.04. The second kappa shape index (κ2) is 9.02. The van der Waals surface area contributed by atoms with Crippen molar-refractivity contribution in [2.75, 3.05) is 0 Å². The number of hydrogen-bond donors (Lipinski definition) is 4. The van der Waals surface area contributed by atoms with Crippen molar-refractivity contribution in [2.24, 2.45) is 23.2 Å². The molecule has 8 unspecified atom stereocenters. The second-order valence-corrected chi connectivity index (χ2v) is 11.0. The topological polar surface area (TPSA) is 127 Å². The van der Waals surface area contributed by atoms with E-state index in [0.717, 1.165) is 6.42 Å². The highest BCUT2D eigenvalue weighted by Crippen LogP contribution is 2.50. The third kappa shape index (κ3) is 4.36. The van der Waals surface area contributed by atoms with Crippen LogP contribution in [0.1, 0.15) is 66.7 Å². The van der Waals surface area contributed by atoms with Gasteiger partial charge in [-0.1, -0.05) is 34.6 Å². The molecule has 186 valence electrons. The predicted octanol–water partition coefficient (Wildman–Crippen LogP) is 1.45. The number of ether oxygens (including phenoxy) is 5. The molecule has 8 atom stereocenters. The Kier molecular flexibility index (Phi) is 6.97. The van der Waals surface area contributed by atoms with Gasteiger partial charge in [-0.2, -0.15) is 0 Å². The summed E-state index contributed by atoms with van der Waals surface area (Å²) in [5.74, 6) is -0.475. The number of fused-ring (bicyclic) bond motifs is 3. The fraction of sp³-hybridized carbons (Fsp3) is 1.00. The van der Waals surface area contributed by atoms with Gasteiger partial charge in [-0.3, -0.25) is 0 Å². The van der Waals surface area contributed by atoms with E-state index in [9.17, 15) is 20.4 Å². The van der Waals surface area contributed by atoms with Crippen LogP contribution in [0.15, 0.2) is 0 Å². The Hall–Kier alpha value is -0.360. The Morgan fingerprint density at radius 1 is 0.969 bits per heavy atom. The molecule has 3 aliphatic heterocycles. The number of rotatable bonds is 7. The first kappa shape index (κ1) is 24.8. The molecule has 0 bridgehead atoms. The molecule has 9 heteroatoms. The normalized spacial score (nSPS) is 44.4. The minimum atomic E-state index is -1.33. The van der Waals surface area contributed by atoms with Gasteiger partial charge in [0, 0.05) is 24.2 Å². The third-order valence-corrected chi connectivity index (χ3v) is 8.02. The number of hydrogen-bond acceptors (Lipinski definition) is 9. The van der Waals surface area contributed by atoms with Gasteiger partial charge in [0.25, 0.3) is 0 Å². The van der Waals surface area contributed by atoms with Gasteiger partial charge >= 0.3 is 0 Å². The van der Waals surface area contributed by atoms with E-state index in [4.69, 9.17) is 23.7 Å². The van der Waals surface area contributed by atoms with Crippen molar-refractivity contribution in [2.45, 2.75) is 122 Å². The van der Waals surface area contributed by atoms with E-state index in [1.807, 2.05) is 6.92 Å². The van der Waals surface area contributed by atoms with Crippen LogP contribution in [-0.2, 0) is 23.7 Å². The summed E-state index contributed by atoms with van der Waals surface area (Å²) in [5.41, 5.74) is -0.493. The monoisotopic (exact) mass is 460 g/mol. The first-order valence-electron chi connectivity index (χ1n) is 12.0. The van der Waals surface area contributed by atoms with Crippen LogP contribution in [0.3, 0.4) is 0 Å². The molecule has 0 aromatic heterocycles. The summed E-state index contributed by atoms with van der Waals surface area (Å²) in [6.07, 6.45) is -3.86. The van der Waals surface area contributed by atoms with E-state index in [2.05, 4.69) is 27.7 Å². The molecule has 0 amide bonds. The molecule has 4 fully saturated rings. The zero-order valence-corrected chi connectivity index (χ0v) is 19.7. The maximum absolute atomic E-state index is 11.0. The SMILES string of the molecule is CC(C)CC(C)(C(C)C)C(O)OC1C(O)OC2C3OC4(CCC(C(O)O)CC4)OC3OC12. The van der Waals surface area contributed by atoms with Gasteiger partial charge in [0.2, 0.25) is 0 Å². The molecule has 0 radical (unpaired) electrons. The lowest BCUT2D eigenvalue weighted by Crippen LogP contribution is -2.47. The summed E-state index contributed by atoms with van der Waals surface area (Å²) in [5, 5.41) is 40.4. The Morgan fingerprint density at radius 3 is 2.19 bits per heavy atom. The van der Waals surface area contributed by atoms with Crippen LogP contribution < -0.4 is 0 Å². The van der Waals surface area contributed by atoms with Crippen molar-refractivity contribution < 1.29 is 44.1 Å². The number of aliphatic hydroxyl groups is 4. The Labute approximate surface area is 189 Å². The standard InChI is InChI=1S/C23H40O9/c1-11(2)10-22(5,12(3)4)21(27)30-16-14-15(28-19(16)26)17-20(29-14)32-23(31-17)8-6-13(7-9-23)18(24)25/h11-21,24-27H,6-10H2,1-5H3. The molecule has 0 aromatic rings. The van der Waals surface area contributed by atoms with Crippen molar-refractivity contribution in [1.29, 1.82) is 0 Å². The summed E-state index contributed by atoms with van der Waals surface area (Å²) in [6, 6.07) is 0. The minimum absolute atomic E-state index is 0.165. The van der Waals surface area contributed by atoms with Gasteiger partial charge in [-0.15, -0.1) is 0 Å². The number of aliphatic hydroxyl groups excluding tert-OH is 3. The van der Waals surface area contributed by atoms with Crippen LogP contribution in [0.5, 0.6) is 0 Å². The zero-order valence-electron chi connectivity index (χ0n) is 19.7. The van der Waals surface area contributed by atoms with Crippen LogP contribution >= 0.6 is 0 Å². The summed E-state index contributed by atoms with van der Waals surface area (Å²) in [4.78, 5) is 0. The van der Waals surface area contributed by atoms with Crippen LogP contribution in [0.2, 0.25) is 0 Å². The molecule has 32 heavy (non-hydrogen) atoms. The zero-order chi connectivity index (χ0) is 23.4. The van der Waals surface area contributed by atoms with Crippen LogP contribution in [-0.4, -0.2) is 75.8 Å². The molecule has 4 aliphatic rings. The van der Waals surface area contributed by atoms with E-state index in [1.54, 1.807) is 0 Å². The summed E-state index contributed by atoms with van der Waals surface area (Å²) in [7, 11) is 0. The van der Waals surface area contributed by atoms with Crippen molar-refractivity contribution >= 4 is 0 Å². The quantitative estimate of drug-likeness (QED) is 0.418. The smallest absolute Gasteiger partial charge is 0.190 e. The largest absolute Gasteiger partial charge is 0.368 e. The third-order valence-electron chi connectivity index (χ3n) is 8.02. The molecule has 3 heterocycles. The molecule has 1 aliphatic carbocycles. The molecule has 3 saturated heterocycles. The van der Waals surface area contributed by atoms with Crippen molar-refractivity contribution in [3.05, 3.63) is 0 Å². The lowest BCUT2D eigenvalue weighted by atomic mass is 9.72. The fourth-order valence-electron chi connectivity index (χ4n) is 5.74. The summed E-state index contributed by atoms with van der Waals surface area (Å²) < 4.78 is 30.2. The van der Waals surface area contributed by atoms with Crippen LogP contribution in [0.4, 0.5) is 0 Å². The molecular formula is C23H40O9. The van der Waals surface area contributed by atoms with Crippen molar-refractivity contribution in [3.63, 3.8) is 0 Å². The Morgan fingerprint density at radius 2 is 1.62 bits per heavy atom. The summed E-state index contributed by atoms with van der Waals surface area (Å²) in [6.45, 7) is 10.3. The molecule has 0 aromatic carbocycles. The van der Waals surface area contributed by atoms with Crippen LogP contribution in [0.25, 0.3) is 0 Å². The van der Waals surface area contributed by atoms with Gasteiger partial charge in [0.15, 0.2) is 30.9 Å². The maximum atomic E-state index is 11.0. The molecule has 4 rings (SSSR count). The van der Waals surface area contributed by atoms with E-state index >= 15 is 0 Å². The maximum Gasteiger partial charge on any atom is 0.190 e. The van der Waals surface area contributed by atoms with E-state index in [0.29, 0.717) is 31.6 Å². The lowest BCUT2D eigenvalue weighted by molar-refractivity contribution is -0.274. The van der Waals surface area contributed by atoms with Crippen LogP contribution in [0, 0.1) is 23.2 Å². The average Bonchev–Trinajstić information content (AvgIpc) is 3.30. The highest BCUT2D eigenvalue weighted by atomic mass is 16.9. The molecule has 1 saturated carbocycles. The van der Waals surface area contributed by atoms with Gasteiger partial charge in [0.1, 0.15) is 24.4 Å². The van der Waals surface area contributed by atoms with E-state index < -0.39 is 60.8 Å². The van der Waals surface area contributed by atoms with Crippen molar-refractivity contribution in [3.8, 4) is 0 Å². The first-order valence-corrected chi connectivity index (χ1v) is 12.0. The Balaban J connectivity index is 1.40. The van der Waals surface area contributed by atoms with Crippen molar-refractivity contribution in [1.82, 2.24) is 0 Å². The van der Waals surface area contributed by atoms with E-state index in [1.165, 1.54) is 0 Å². The average molecular weight is 461 g/mol. The molecule has 1 spiro atoms. The van der Waals surface area contributed by atoms with E-state index in [-0.39, 0.29) is 11.8 Å². The second-order valence-electron chi connectivity index (χ2n) is 11.0. The first-order chi connectivity index (χ1) is 15.0. The minimum Gasteiger partial charge on any atom is -0.368 e. The van der Waals surface area contributed by atoms with Gasteiger partial charge in [0.05, 0.1) is 0 Å². The lowest BCUT2D eigenvalue weighted by Gasteiger charge is -2.41. The van der Waals surface area contributed by atoms with Gasteiger partial charge in [-0.25, -0.2) is 0 Å². The summed E-state index contributed by atoms with van der Waals surface area (Å²) >= 11 is 0.